The van der Waals surface area contributed by atoms with E-state index in [4.69, 9.17) is 16.0 Å². The van der Waals surface area contributed by atoms with Crippen molar-refractivity contribution in [1.82, 2.24) is 5.01 Å². The van der Waals surface area contributed by atoms with Crippen molar-refractivity contribution in [2.24, 2.45) is 5.10 Å². The van der Waals surface area contributed by atoms with E-state index >= 15 is 0 Å². The van der Waals surface area contributed by atoms with Gasteiger partial charge < -0.3 is 4.42 Å². The monoisotopic (exact) mass is 395 g/mol. The summed E-state index contributed by atoms with van der Waals surface area (Å²) in [7, 11) is 0. The Morgan fingerprint density at radius 3 is 2.46 bits per heavy atom. The quantitative estimate of drug-likeness (QED) is 0.467. The first-order valence-electron chi connectivity index (χ1n) is 8.48. The van der Waals surface area contributed by atoms with Crippen LogP contribution in [0.2, 0.25) is 5.02 Å². The number of nitro groups is 1. The highest BCUT2D eigenvalue weighted by atomic mass is 35.5. The number of carbonyl (C=O) groups is 1. The Balaban J connectivity index is 1.70. The zero-order valence-corrected chi connectivity index (χ0v) is 15.2. The minimum Gasteiger partial charge on any atom is -0.463 e. The van der Waals surface area contributed by atoms with E-state index in [2.05, 4.69) is 5.10 Å². The smallest absolute Gasteiger partial charge is 0.274 e. The van der Waals surface area contributed by atoms with E-state index in [0.717, 1.165) is 5.56 Å². The summed E-state index contributed by atoms with van der Waals surface area (Å²) in [4.78, 5) is 23.5. The summed E-state index contributed by atoms with van der Waals surface area (Å²) < 4.78 is 5.43. The summed E-state index contributed by atoms with van der Waals surface area (Å²) in [6.45, 7) is 0. The molecule has 1 atom stereocenters. The lowest BCUT2D eigenvalue weighted by atomic mass is 10.00. The predicted molar refractivity (Wildman–Crippen MR) is 103 cm³/mol. The van der Waals surface area contributed by atoms with Gasteiger partial charge in [0.15, 0.2) is 0 Å². The van der Waals surface area contributed by atoms with E-state index in [9.17, 15) is 14.9 Å². The minimum absolute atomic E-state index is 0.00972. The third-order valence-electron chi connectivity index (χ3n) is 4.50. The molecule has 1 aromatic heterocycles. The Labute approximate surface area is 165 Å². The van der Waals surface area contributed by atoms with Gasteiger partial charge in [-0.1, -0.05) is 23.7 Å². The molecule has 1 aliphatic rings. The highest BCUT2D eigenvalue weighted by Crippen LogP contribution is 2.34. The molecule has 1 unspecified atom stereocenters. The molecule has 7 nitrogen and oxygen atoms in total. The third-order valence-corrected chi connectivity index (χ3v) is 4.76. The molecule has 140 valence electrons. The molecule has 0 N–H and O–H groups in total. The van der Waals surface area contributed by atoms with Crippen LogP contribution in [0.4, 0.5) is 5.69 Å². The summed E-state index contributed by atoms with van der Waals surface area (Å²) in [6, 6.07) is 15.8. The number of hydrogen-bond acceptors (Lipinski definition) is 5. The maximum atomic E-state index is 13.1. The maximum absolute atomic E-state index is 13.1. The number of rotatable bonds is 4. The van der Waals surface area contributed by atoms with Crippen molar-refractivity contribution in [3.05, 3.63) is 99.0 Å². The average molecular weight is 396 g/mol. The van der Waals surface area contributed by atoms with Crippen molar-refractivity contribution in [2.75, 3.05) is 0 Å². The number of carbonyl (C=O) groups excluding carboxylic acids is 1. The Hall–Kier alpha value is -3.45. The van der Waals surface area contributed by atoms with E-state index in [1.807, 2.05) is 0 Å². The van der Waals surface area contributed by atoms with Crippen LogP contribution in [0.25, 0.3) is 0 Å². The Morgan fingerprint density at radius 2 is 1.86 bits per heavy atom. The number of amides is 1. The summed E-state index contributed by atoms with van der Waals surface area (Å²) in [6.07, 6.45) is 1.98. The van der Waals surface area contributed by atoms with E-state index in [1.165, 1.54) is 17.1 Å². The van der Waals surface area contributed by atoms with Crippen LogP contribution in [-0.4, -0.2) is 21.6 Å². The van der Waals surface area contributed by atoms with Crippen LogP contribution in [0.15, 0.2) is 76.4 Å². The van der Waals surface area contributed by atoms with Gasteiger partial charge in [0.05, 0.1) is 17.2 Å². The number of non-ortho nitro benzene ring substituents is 1. The fourth-order valence-electron chi connectivity index (χ4n) is 3.09. The second-order valence-corrected chi connectivity index (χ2v) is 6.69. The molecular formula is C20H14ClN3O4. The highest BCUT2D eigenvalue weighted by molar-refractivity contribution is 6.30. The molecule has 0 bridgehead atoms. The molecule has 28 heavy (non-hydrogen) atoms. The Kier molecular flexibility index (Phi) is 4.67. The van der Waals surface area contributed by atoms with E-state index in [-0.39, 0.29) is 11.6 Å². The zero-order chi connectivity index (χ0) is 19.7. The number of nitrogens with zero attached hydrogens (tertiary/aromatic N) is 3. The summed E-state index contributed by atoms with van der Waals surface area (Å²) >= 11 is 5.91. The van der Waals surface area contributed by atoms with Crippen LogP contribution in [0.5, 0.6) is 0 Å². The van der Waals surface area contributed by atoms with Crippen LogP contribution < -0.4 is 0 Å². The molecule has 0 fully saturated rings. The highest BCUT2D eigenvalue weighted by Gasteiger charge is 2.34. The largest absolute Gasteiger partial charge is 0.463 e. The SMILES string of the molecule is O=C(c1ccc(Cl)cc1)N1N=C(c2ccco2)CC1c1ccc([N+](=O)[O-])cc1. The second kappa shape index (κ2) is 7.28. The summed E-state index contributed by atoms with van der Waals surface area (Å²) in [5.41, 5.74) is 1.82. The minimum atomic E-state index is -0.458. The van der Waals surface area contributed by atoms with Crippen molar-refractivity contribution < 1.29 is 14.1 Å². The van der Waals surface area contributed by atoms with Gasteiger partial charge in [-0.3, -0.25) is 14.9 Å². The number of hydrazone groups is 1. The summed E-state index contributed by atoms with van der Waals surface area (Å²) in [5, 5.41) is 17.3. The van der Waals surface area contributed by atoms with Crippen molar-refractivity contribution in [1.29, 1.82) is 0 Å². The van der Waals surface area contributed by atoms with Gasteiger partial charge in [0.1, 0.15) is 11.5 Å². The molecule has 3 aromatic rings. The number of benzene rings is 2. The molecule has 0 saturated carbocycles. The van der Waals surface area contributed by atoms with E-state index in [1.54, 1.807) is 54.8 Å². The van der Waals surface area contributed by atoms with Gasteiger partial charge in [-0.05, 0) is 42.0 Å². The first-order chi connectivity index (χ1) is 13.5. The first kappa shape index (κ1) is 17.9. The van der Waals surface area contributed by atoms with E-state index < -0.39 is 11.0 Å². The van der Waals surface area contributed by atoms with Crippen LogP contribution in [-0.2, 0) is 0 Å². The predicted octanol–water partition coefficient (Wildman–Crippen LogP) is 4.83. The lowest BCUT2D eigenvalue weighted by Crippen LogP contribution is -2.27. The van der Waals surface area contributed by atoms with Crippen molar-refractivity contribution >= 4 is 28.9 Å². The molecule has 1 amide bonds. The van der Waals surface area contributed by atoms with Gasteiger partial charge in [0.25, 0.3) is 11.6 Å². The van der Waals surface area contributed by atoms with Gasteiger partial charge in [-0.2, -0.15) is 5.10 Å². The second-order valence-electron chi connectivity index (χ2n) is 6.25. The fourth-order valence-corrected chi connectivity index (χ4v) is 3.22. The summed E-state index contributed by atoms with van der Waals surface area (Å²) in [5.74, 6) is 0.292. The number of hydrogen-bond donors (Lipinski definition) is 0. The molecule has 0 aliphatic carbocycles. The molecule has 0 radical (unpaired) electrons. The molecule has 1 aliphatic heterocycles. The van der Waals surface area contributed by atoms with Crippen LogP contribution in [0.3, 0.4) is 0 Å². The van der Waals surface area contributed by atoms with Crippen molar-refractivity contribution in [3.63, 3.8) is 0 Å². The molecule has 8 heteroatoms. The topological polar surface area (TPSA) is 89.0 Å². The van der Waals surface area contributed by atoms with Gasteiger partial charge in [0.2, 0.25) is 0 Å². The van der Waals surface area contributed by atoms with Gasteiger partial charge in [-0.15, -0.1) is 0 Å². The number of halogens is 1. The number of nitro benzene ring substituents is 1. The number of furan rings is 1. The molecule has 2 aromatic carbocycles. The fraction of sp³-hybridized carbons (Fsp3) is 0.100. The van der Waals surface area contributed by atoms with Crippen LogP contribution in [0, 0.1) is 10.1 Å². The Morgan fingerprint density at radius 1 is 1.14 bits per heavy atom. The molecule has 4 rings (SSSR count). The molecule has 0 saturated heterocycles. The lowest BCUT2D eigenvalue weighted by Gasteiger charge is -2.22. The van der Waals surface area contributed by atoms with Gasteiger partial charge >= 0.3 is 0 Å². The first-order valence-corrected chi connectivity index (χ1v) is 8.85. The third kappa shape index (κ3) is 3.39. The van der Waals surface area contributed by atoms with Gasteiger partial charge in [0, 0.05) is 29.1 Å². The molecular weight excluding hydrogens is 382 g/mol. The lowest BCUT2D eigenvalue weighted by molar-refractivity contribution is -0.384. The maximum Gasteiger partial charge on any atom is 0.274 e. The van der Waals surface area contributed by atoms with Crippen molar-refractivity contribution in [2.45, 2.75) is 12.5 Å². The zero-order valence-electron chi connectivity index (χ0n) is 14.5. The molecule has 0 spiro atoms. The standard InChI is InChI=1S/C20H14ClN3O4/c21-15-7-3-14(4-8-15)20(25)23-18(12-17(22-23)19-2-1-11-28-19)13-5-9-16(10-6-13)24(26)27/h1-11,18H,12H2. The van der Waals surface area contributed by atoms with Gasteiger partial charge in [-0.25, -0.2) is 5.01 Å². The molecule has 2 heterocycles. The Bertz CT molecular complexity index is 1040. The van der Waals surface area contributed by atoms with E-state index in [0.29, 0.717) is 28.5 Å². The van der Waals surface area contributed by atoms with Crippen LogP contribution >= 0.6 is 11.6 Å². The van der Waals surface area contributed by atoms with Crippen LogP contribution in [0.1, 0.15) is 34.1 Å². The normalized spacial score (nSPS) is 16.1. The average Bonchev–Trinajstić information content (AvgIpc) is 3.38. The van der Waals surface area contributed by atoms with Crippen molar-refractivity contribution in [3.8, 4) is 0 Å².